The summed E-state index contributed by atoms with van der Waals surface area (Å²) in [5.74, 6) is -3.11. The molecule has 0 aliphatic rings. The Hall–Kier alpha value is -1.84. The third-order valence-electron chi connectivity index (χ3n) is 2.00. The molecule has 10 heteroatoms. The number of carboxylic acids is 1. The monoisotopic (exact) mass is 301 g/mol. The SMILES string of the molecule is COC(=O)CCC(NC(=O)COCC(F)(F)F)C(=O)O. The molecule has 0 fully saturated rings. The molecule has 0 radical (unpaired) electrons. The maximum atomic E-state index is 11.7. The summed E-state index contributed by atoms with van der Waals surface area (Å²) in [4.78, 5) is 32.8. The van der Waals surface area contributed by atoms with Crippen LogP contribution in [0.25, 0.3) is 0 Å². The number of halogens is 3. The van der Waals surface area contributed by atoms with Crippen LogP contribution in [0.2, 0.25) is 0 Å². The smallest absolute Gasteiger partial charge is 0.411 e. The van der Waals surface area contributed by atoms with Gasteiger partial charge < -0.3 is 19.9 Å². The number of esters is 1. The third kappa shape index (κ3) is 9.14. The van der Waals surface area contributed by atoms with Gasteiger partial charge in [-0.2, -0.15) is 13.2 Å². The number of hydrogen-bond donors (Lipinski definition) is 2. The lowest BCUT2D eigenvalue weighted by atomic mass is 10.1. The van der Waals surface area contributed by atoms with E-state index >= 15 is 0 Å². The number of carbonyl (C=O) groups is 3. The van der Waals surface area contributed by atoms with Crippen LogP contribution >= 0.6 is 0 Å². The summed E-state index contributed by atoms with van der Waals surface area (Å²) in [6, 6.07) is -1.41. The van der Waals surface area contributed by atoms with Gasteiger partial charge in [0.1, 0.15) is 19.3 Å². The molecule has 2 N–H and O–H groups in total. The normalized spacial score (nSPS) is 12.6. The van der Waals surface area contributed by atoms with Crippen LogP contribution in [-0.4, -0.2) is 55.5 Å². The van der Waals surface area contributed by atoms with Crippen LogP contribution in [0.4, 0.5) is 13.2 Å². The van der Waals surface area contributed by atoms with E-state index in [-0.39, 0.29) is 12.8 Å². The van der Waals surface area contributed by atoms with Crippen molar-refractivity contribution in [3.05, 3.63) is 0 Å². The van der Waals surface area contributed by atoms with Crippen molar-refractivity contribution in [1.82, 2.24) is 5.32 Å². The van der Waals surface area contributed by atoms with Crippen LogP contribution in [0.5, 0.6) is 0 Å². The van der Waals surface area contributed by atoms with Gasteiger partial charge in [0.15, 0.2) is 0 Å². The van der Waals surface area contributed by atoms with Crippen LogP contribution in [0.3, 0.4) is 0 Å². The van der Waals surface area contributed by atoms with Crippen LogP contribution in [0.1, 0.15) is 12.8 Å². The lowest BCUT2D eigenvalue weighted by Gasteiger charge is -2.14. The maximum absolute atomic E-state index is 11.7. The number of ether oxygens (including phenoxy) is 2. The largest absolute Gasteiger partial charge is 0.480 e. The van der Waals surface area contributed by atoms with E-state index in [0.29, 0.717) is 0 Å². The topological polar surface area (TPSA) is 102 Å². The molecule has 0 aliphatic heterocycles. The van der Waals surface area contributed by atoms with E-state index in [1.54, 1.807) is 0 Å². The molecule has 20 heavy (non-hydrogen) atoms. The second-order valence-corrected chi connectivity index (χ2v) is 3.68. The fourth-order valence-electron chi connectivity index (χ4n) is 1.12. The highest BCUT2D eigenvalue weighted by atomic mass is 19.4. The minimum atomic E-state index is -4.57. The number of carboxylic acid groups (broad SMARTS) is 1. The van der Waals surface area contributed by atoms with Gasteiger partial charge in [-0.15, -0.1) is 0 Å². The van der Waals surface area contributed by atoms with Gasteiger partial charge in [-0.3, -0.25) is 9.59 Å². The molecule has 0 saturated carbocycles. The summed E-state index contributed by atoms with van der Waals surface area (Å²) in [6.45, 7) is -2.54. The average molecular weight is 301 g/mol. The Bertz CT molecular complexity index is 357. The zero-order valence-corrected chi connectivity index (χ0v) is 10.5. The Morgan fingerprint density at radius 3 is 2.35 bits per heavy atom. The molecule has 0 bridgehead atoms. The minimum Gasteiger partial charge on any atom is -0.480 e. The van der Waals surface area contributed by atoms with E-state index in [1.165, 1.54) is 0 Å². The molecule has 0 aromatic heterocycles. The van der Waals surface area contributed by atoms with E-state index in [2.05, 4.69) is 9.47 Å². The number of alkyl halides is 3. The zero-order chi connectivity index (χ0) is 15.8. The predicted molar refractivity (Wildman–Crippen MR) is 57.7 cm³/mol. The van der Waals surface area contributed by atoms with Gasteiger partial charge in [0.05, 0.1) is 7.11 Å². The Morgan fingerprint density at radius 2 is 1.90 bits per heavy atom. The highest BCUT2D eigenvalue weighted by Crippen LogP contribution is 2.14. The van der Waals surface area contributed by atoms with Crippen molar-refractivity contribution in [2.24, 2.45) is 0 Å². The first kappa shape index (κ1) is 18.2. The molecule has 7 nitrogen and oxygen atoms in total. The van der Waals surface area contributed by atoms with Crippen molar-refractivity contribution in [2.75, 3.05) is 20.3 Å². The van der Waals surface area contributed by atoms with Crippen molar-refractivity contribution < 1.29 is 42.1 Å². The molecule has 0 aromatic rings. The Morgan fingerprint density at radius 1 is 1.30 bits per heavy atom. The van der Waals surface area contributed by atoms with Gasteiger partial charge in [0.25, 0.3) is 0 Å². The quantitative estimate of drug-likeness (QED) is 0.616. The van der Waals surface area contributed by atoms with Crippen LogP contribution < -0.4 is 5.32 Å². The summed E-state index contributed by atoms with van der Waals surface area (Å²) < 4.78 is 43.6. The number of methoxy groups -OCH3 is 1. The lowest BCUT2D eigenvalue weighted by molar-refractivity contribution is -0.176. The maximum Gasteiger partial charge on any atom is 0.411 e. The van der Waals surface area contributed by atoms with Gasteiger partial charge >= 0.3 is 18.1 Å². The highest BCUT2D eigenvalue weighted by Gasteiger charge is 2.28. The minimum absolute atomic E-state index is 0.243. The Balaban J connectivity index is 4.15. The summed E-state index contributed by atoms with van der Waals surface area (Å²) in [7, 11) is 1.11. The number of aliphatic carboxylic acids is 1. The summed E-state index contributed by atoms with van der Waals surface area (Å²) in [6.07, 6.45) is -5.07. The van der Waals surface area contributed by atoms with Crippen molar-refractivity contribution in [1.29, 1.82) is 0 Å². The zero-order valence-electron chi connectivity index (χ0n) is 10.5. The molecular formula is C10H14F3NO6. The third-order valence-corrected chi connectivity index (χ3v) is 2.00. The first-order chi connectivity index (χ1) is 9.15. The van der Waals surface area contributed by atoms with Crippen molar-refractivity contribution in [3.8, 4) is 0 Å². The van der Waals surface area contributed by atoms with Crippen molar-refractivity contribution in [2.45, 2.75) is 25.1 Å². The molecule has 0 saturated heterocycles. The van der Waals surface area contributed by atoms with Gasteiger partial charge in [-0.1, -0.05) is 0 Å². The van der Waals surface area contributed by atoms with Crippen LogP contribution in [-0.2, 0) is 23.9 Å². The molecule has 0 rings (SSSR count). The molecule has 116 valence electrons. The summed E-state index contributed by atoms with van der Waals surface area (Å²) >= 11 is 0. The van der Waals surface area contributed by atoms with Crippen LogP contribution in [0, 0.1) is 0 Å². The fourth-order valence-corrected chi connectivity index (χ4v) is 1.12. The second kappa shape index (κ2) is 8.35. The number of carbonyl (C=O) groups excluding carboxylic acids is 2. The molecule has 0 spiro atoms. The van der Waals surface area contributed by atoms with Crippen LogP contribution in [0.15, 0.2) is 0 Å². The fraction of sp³-hybridized carbons (Fsp3) is 0.700. The van der Waals surface area contributed by atoms with E-state index in [4.69, 9.17) is 5.11 Å². The number of nitrogens with one attached hydrogen (secondary N) is 1. The molecule has 1 unspecified atom stereocenters. The molecule has 1 amide bonds. The molecule has 1 atom stereocenters. The van der Waals surface area contributed by atoms with E-state index < -0.39 is 43.3 Å². The Labute approximate surface area is 112 Å². The van der Waals surface area contributed by atoms with E-state index in [0.717, 1.165) is 7.11 Å². The number of hydrogen-bond acceptors (Lipinski definition) is 5. The predicted octanol–water partition coefficient (Wildman–Crippen LogP) is 0.0879. The summed E-state index contributed by atoms with van der Waals surface area (Å²) in [5, 5.41) is 10.7. The van der Waals surface area contributed by atoms with Gasteiger partial charge in [0, 0.05) is 6.42 Å². The first-order valence-corrected chi connectivity index (χ1v) is 5.39. The second-order valence-electron chi connectivity index (χ2n) is 3.68. The Kier molecular flexibility index (Phi) is 7.59. The highest BCUT2D eigenvalue weighted by molar-refractivity contribution is 5.84. The van der Waals surface area contributed by atoms with E-state index in [9.17, 15) is 27.6 Å². The molecular weight excluding hydrogens is 287 g/mol. The van der Waals surface area contributed by atoms with Gasteiger partial charge in [-0.05, 0) is 6.42 Å². The molecule has 0 heterocycles. The molecule has 0 aromatic carbocycles. The summed E-state index contributed by atoms with van der Waals surface area (Å²) in [5.41, 5.74) is 0. The van der Waals surface area contributed by atoms with Crippen molar-refractivity contribution >= 4 is 17.8 Å². The van der Waals surface area contributed by atoms with E-state index in [1.807, 2.05) is 5.32 Å². The average Bonchev–Trinajstić information content (AvgIpc) is 2.31. The first-order valence-electron chi connectivity index (χ1n) is 5.39. The number of rotatable bonds is 8. The lowest BCUT2D eigenvalue weighted by Crippen LogP contribution is -2.43. The van der Waals surface area contributed by atoms with Gasteiger partial charge in [0.2, 0.25) is 5.91 Å². The van der Waals surface area contributed by atoms with Crippen molar-refractivity contribution in [3.63, 3.8) is 0 Å². The van der Waals surface area contributed by atoms with Gasteiger partial charge in [-0.25, -0.2) is 4.79 Å². The molecule has 0 aliphatic carbocycles. The number of amides is 1. The standard InChI is InChI=1S/C10H14F3NO6/c1-19-8(16)3-2-6(9(17)18)14-7(15)4-20-5-10(11,12)13/h6H,2-5H2,1H3,(H,14,15)(H,17,18).